The van der Waals surface area contributed by atoms with Crippen LogP contribution in [0, 0.1) is 6.92 Å². The zero-order valence-electron chi connectivity index (χ0n) is 18.8. The SMILES string of the molecule is CCCONC(N)=NOc1cc(C)cc(OS(=O)(=O)c2ccc(S(C)(=O)=O)cc2S(C)(=O)=O)c1. The number of rotatable bonds is 10. The molecule has 0 fully saturated rings. The molecule has 0 saturated carbocycles. The van der Waals surface area contributed by atoms with Gasteiger partial charge in [-0.3, -0.25) is 4.84 Å². The van der Waals surface area contributed by atoms with E-state index in [0.717, 1.165) is 37.1 Å². The Hall–Kier alpha value is -2.88. The second-order valence-corrected chi connectivity index (χ2v) is 12.7. The van der Waals surface area contributed by atoms with Crippen molar-refractivity contribution in [3.8, 4) is 11.5 Å². The van der Waals surface area contributed by atoms with Gasteiger partial charge in [0.25, 0.3) is 5.96 Å². The Labute approximate surface area is 198 Å². The molecule has 0 saturated heterocycles. The largest absolute Gasteiger partial charge is 0.379 e. The maximum absolute atomic E-state index is 12.9. The number of sulfone groups is 2. The van der Waals surface area contributed by atoms with E-state index in [1.54, 1.807) is 6.92 Å². The molecule has 0 unspecified atom stereocenters. The molecule has 34 heavy (non-hydrogen) atoms. The van der Waals surface area contributed by atoms with Gasteiger partial charge in [0.2, 0.25) is 0 Å². The second kappa shape index (κ2) is 10.6. The minimum absolute atomic E-state index is 0.0706. The lowest BCUT2D eigenvalue weighted by Crippen LogP contribution is -2.32. The molecule has 0 aromatic heterocycles. The van der Waals surface area contributed by atoms with Crippen LogP contribution in [-0.2, 0) is 34.6 Å². The quantitative estimate of drug-likeness (QED) is 0.146. The smallest absolute Gasteiger partial charge is 0.340 e. The molecule has 0 bridgehead atoms. The van der Waals surface area contributed by atoms with Gasteiger partial charge in [-0.15, -0.1) is 0 Å². The van der Waals surface area contributed by atoms with Crippen molar-refractivity contribution in [1.29, 1.82) is 0 Å². The van der Waals surface area contributed by atoms with Crippen LogP contribution in [0.1, 0.15) is 18.9 Å². The first-order chi connectivity index (χ1) is 15.6. The van der Waals surface area contributed by atoms with Gasteiger partial charge in [-0.2, -0.15) is 8.42 Å². The van der Waals surface area contributed by atoms with Gasteiger partial charge in [-0.1, -0.05) is 6.92 Å². The fourth-order valence-electron chi connectivity index (χ4n) is 2.55. The lowest BCUT2D eigenvalue weighted by molar-refractivity contribution is 0.0824. The molecule has 0 amide bonds. The highest BCUT2D eigenvalue weighted by atomic mass is 32.2. The predicted molar refractivity (Wildman–Crippen MR) is 123 cm³/mol. The van der Waals surface area contributed by atoms with Gasteiger partial charge in [0, 0.05) is 18.6 Å². The summed E-state index contributed by atoms with van der Waals surface area (Å²) in [6.45, 7) is 3.91. The fourth-order valence-corrected chi connectivity index (χ4v) is 5.79. The number of oxime groups is 1. The number of nitrogens with two attached hydrogens (primary N) is 1. The molecule has 3 N–H and O–H groups in total. The highest BCUT2D eigenvalue weighted by Crippen LogP contribution is 2.30. The van der Waals surface area contributed by atoms with Gasteiger partial charge in [0.15, 0.2) is 25.4 Å². The van der Waals surface area contributed by atoms with Crippen LogP contribution in [0.4, 0.5) is 0 Å². The Kier molecular flexibility index (Phi) is 8.52. The van der Waals surface area contributed by atoms with Crippen molar-refractivity contribution in [3.63, 3.8) is 0 Å². The summed E-state index contributed by atoms with van der Waals surface area (Å²) in [6.07, 6.45) is 2.37. The Morgan fingerprint density at radius 2 is 1.59 bits per heavy atom. The zero-order chi connectivity index (χ0) is 25.7. The predicted octanol–water partition coefficient (Wildman–Crippen LogP) is 1.11. The molecule has 188 valence electrons. The van der Waals surface area contributed by atoms with Crippen LogP contribution in [0.3, 0.4) is 0 Å². The van der Waals surface area contributed by atoms with Crippen molar-refractivity contribution in [2.45, 2.75) is 35.0 Å². The Morgan fingerprint density at radius 1 is 0.941 bits per heavy atom. The molecule has 12 nitrogen and oxygen atoms in total. The summed E-state index contributed by atoms with van der Waals surface area (Å²) in [5, 5.41) is 3.60. The highest BCUT2D eigenvalue weighted by molar-refractivity contribution is 7.92. The molecule has 15 heteroatoms. The van der Waals surface area contributed by atoms with Crippen molar-refractivity contribution in [2.24, 2.45) is 10.9 Å². The summed E-state index contributed by atoms with van der Waals surface area (Å²) >= 11 is 0. The normalized spacial score (nSPS) is 12.9. The van der Waals surface area contributed by atoms with E-state index < -0.39 is 39.6 Å². The number of benzene rings is 2. The second-order valence-electron chi connectivity index (χ2n) is 7.19. The summed E-state index contributed by atoms with van der Waals surface area (Å²) in [5.41, 5.74) is 8.46. The maximum Gasteiger partial charge on any atom is 0.340 e. The van der Waals surface area contributed by atoms with Gasteiger partial charge >= 0.3 is 10.1 Å². The topological polar surface area (TPSA) is 181 Å². The van der Waals surface area contributed by atoms with Gasteiger partial charge in [0.05, 0.1) is 16.4 Å². The van der Waals surface area contributed by atoms with Crippen LogP contribution >= 0.6 is 0 Å². The van der Waals surface area contributed by atoms with Crippen LogP contribution < -0.4 is 20.2 Å². The summed E-state index contributed by atoms with van der Waals surface area (Å²) in [5.74, 6) is -0.319. The van der Waals surface area contributed by atoms with E-state index in [0.29, 0.717) is 12.2 Å². The van der Waals surface area contributed by atoms with Crippen LogP contribution in [0.5, 0.6) is 11.5 Å². The van der Waals surface area contributed by atoms with Crippen molar-refractivity contribution < 1.29 is 39.1 Å². The minimum Gasteiger partial charge on any atom is -0.379 e. The number of aryl methyl sites for hydroxylation is 1. The highest BCUT2D eigenvalue weighted by Gasteiger charge is 2.28. The molecule has 0 atom stereocenters. The monoisotopic (exact) mass is 535 g/mol. The zero-order valence-corrected chi connectivity index (χ0v) is 21.3. The number of hydroxylamine groups is 1. The van der Waals surface area contributed by atoms with E-state index in [1.807, 2.05) is 6.92 Å². The summed E-state index contributed by atoms with van der Waals surface area (Å²) in [6, 6.07) is 6.70. The first-order valence-electron chi connectivity index (χ1n) is 9.62. The van der Waals surface area contributed by atoms with E-state index in [9.17, 15) is 25.3 Å². The molecule has 2 aromatic rings. The van der Waals surface area contributed by atoms with E-state index in [4.69, 9.17) is 19.6 Å². The molecule has 2 aromatic carbocycles. The molecule has 0 aliphatic rings. The van der Waals surface area contributed by atoms with E-state index in [2.05, 4.69) is 10.6 Å². The van der Waals surface area contributed by atoms with Crippen LogP contribution in [0.2, 0.25) is 0 Å². The average molecular weight is 536 g/mol. The third-order valence-electron chi connectivity index (χ3n) is 3.97. The number of nitrogens with zero attached hydrogens (tertiary/aromatic N) is 1. The van der Waals surface area contributed by atoms with Gasteiger partial charge in [-0.25, -0.2) is 22.3 Å². The van der Waals surface area contributed by atoms with Gasteiger partial charge in [-0.05, 0) is 54.4 Å². The van der Waals surface area contributed by atoms with Crippen LogP contribution in [-0.4, -0.2) is 50.3 Å². The minimum atomic E-state index is -4.69. The number of hydrogen-bond acceptors (Lipinski definition) is 10. The fraction of sp³-hybridized carbons (Fsp3) is 0.316. The van der Waals surface area contributed by atoms with Gasteiger partial charge < -0.3 is 14.8 Å². The van der Waals surface area contributed by atoms with E-state index in [-0.39, 0.29) is 22.4 Å². The first-order valence-corrected chi connectivity index (χ1v) is 14.8. The molecule has 0 heterocycles. The van der Waals surface area contributed by atoms with E-state index >= 15 is 0 Å². The molecule has 0 aliphatic heterocycles. The summed E-state index contributed by atoms with van der Waals surface area (Å²) in [4.78, 5) is 8.36. The Balaban J connectivity index is 2.39. The first kappa shape index (κ1) is 27.4. The van der Waals surface area contributed by atoms with Gasteiger partial charge in [0.1, 0.15) is 10.6 Å². The van der Waals surface area contributed by atoms with Crippen molar-refractivity contribution in [3.05, 3.63) is 42.0 Å². The number of hydrogen-bond donors (Lipinski definition) is 2. The lowest BCUT2D eigenvalue weighted by atomic mass is 10.2. The van der Waals surface area contributed by atoms with Crippen molar-refractivity contribution in [1.82, 2.24) is 5.48 Å². The number of nitrogens with one attached hydrogen (secondary N) is 1. The third-order valence-corrected chi connectivity index (χ3v) is 7.66. The Morgan fingerprint density at radius 3 is 2.18 bits per heavy atom. The molecule has 0 aliphatic carbocycles. The van der Waals surface area contributed by atoms with E-state index in [1.165, 1.54) is 18.2 Å². The van der Waals surface area contributed by atoms with Crippen molar-refractivity contribution >= 4 is 35.8 Å². The van der Waals surface area contributed by atoms with Crippen LogP contribution in [0.15, 0.2) is 56.2 Å². The standard InChI is InChI=1S/C19H25N3O9S3/c1-5-8-29-21-19(20)22-30-14-9-13(2)10-15(11-14)31-34(27,28)17-7-6-16(32(3,23)24)12-18(17)33(4,25)26/h6-7,9-12H,5,8H2,1-4H3,(H3,20,21,22). The molecular formula is C19H25N3O9S3. The molecular weight excluding hydrogens is 510 g/mol. The van der Waals surface area contributed by atoms with Crippen LogP contribution in [0.25, 0.3) is 0 Å². The summed E-state index contributed by atoms with van der Waals surface area (Å²) in [7, 11) is -12.6. The Bertz CT molecular complexity index is 1400. The third kappa shape index (κ3) is 7.58. The van der Waals surface area contributed by atoms with Crippen molar-refractivity contribution in [2.75, 3.05) is 19.1 Å². The number of guanidine groups is 1. The molecule has 0 radical (unpaired) electrons. The molecule has 2 rings (SSSR count). The molecule has 0 spiro atoms. The maximum atomic E-state index is 12.9. The lowest BCUT2D eigenvalue weighted by Gasteiger charge is -2.13. The summed E-state index contributed by atoms with van der Waals surface area (Å²) < 4.78 is 79.0. The average Bonchev–Trinajstić information content (AvgIpc) is 2.70.